The van der Waals surface area contributed by atoms with E-state index in [1.54, 1.807) is 18.2 Å². The number of anilines is 1. The van der Waals surface area contributed by atoms with Crippen molar-refractivity contribution in [3.8, 4) is 0 Å². The van der Waals surface area contributed by atoms with Gasteiger partial charge in [0.2, 0.25) is 5.09 Å². The maximum atomic E-state index is 11.8. The molecule has 0 aliphatic carbocycles. The first-order valence-electron chi connectivity index (χ1n) is 4.40. The second-order valence-corrected chi connectivity index (χ2v) is 5.91. The van der Waals surface area contributed by atoms with Crippen LogP contribution < -0.4 is 4.72 Å². The highest BCUT2D eigenvalue weighted by Crippen LogP contribution is 2.17. The lowest BCUT2D eigenvalue weighted by molar-refractivity contribution is 0.452. The Morgan fingerprint density at radius 2 is 2.00 bits per heavy atom. The van der Waals surface area contributed by atoms with E-state index < -0.39 is 10.0 Å². The van der Waals surface area contributed by atoms with Crippen molar-refractivity contribution in [2.75, 3.05) is 4.72 Å². The van der Waals surface area contributed by atoms with E-state index in [0.717, 1.165) is 3.57 Å². The molecule has 0 bridgehead atoms. The van der Waals surface area contributed by atoms with Crippen LogP contribution in [0.15, 0.2) is 52.2 Å². The first-order valence-corrected chi connectivity index (χ1v) is 6.96. The predicted octanol–water partition coefficient (Wildman–Crippen LogP) is 2.69. The minimum Gasteiger partial charge on any atom is -0.451 e. The van der Waals surface area contributed by atoms with Crippen molar-refractivity contribution in [3.63, 3.8) is 0 Å². The van der Waals surface area contributed by atoms with Gasteiger partial charge in [0.15, 0.2) is 0 Å². The number of furan rings is 1. The van der Waals surface area contributed by atoms with Crippen LogP contribution in [-0.4, -0.2) is 8.42 Å². The summed E-state index contributed by atoms with van der Waals surface area (Å²) in [5, 5.41) is -0.0913. The Hall–Kier alpha value is -1.02. The topological polar surface area (TPSA) is 59.3 Å². The molecular weight excluding hydrogens is 341 g/mol. The standard InChI is InChI=1S/C10H8INO3S/c11-8-3-1-4-9(7-8)12-16(13,14)10-5-2-6-15-10/h1-7,12H. The molecule has 0 atom stereocenters. The summed E-state index contributed by atoms with van der Waals surface area (Å²) in [6.45, 7) is 0. The normalized spacial score (nSPS) is 11.3. The predicted molar refractivity (Wildman–Crippen MR) is 68.7 cm³/mol. The van der Waals surface area contributed by atoms with Crippen molar-refractivity contribution in [2.45, 2.75) is 5.09 Å². The third-order valence-electron chi connectivity index (χ3n) is 1.84. The van der Waals surface area contributed by atoms with Crippen LogP contribution >= 0.6 is 22.6 Å². The van der Waals surface area contributed by atoms with Crippen molar-refractivity contribution >= 4 is 38.3 Å². The number of benzene rings is 1. The largest absolute Gasteiger partial charge is 0.451 e. The Labute approximate surface area is 107 Å². The first-order chi connectivity index (χ1) is 7.58. The summed E-state index contributed by atoms with van der Waals surface area (Å²) in [6.07, 6.45) is 1.32. The molecule has 1 N–H and O–H groups in total. The minimum atomic E-state index is -3.61. The molecule has 16 heavy (non-hydrogen) atoms. The molecule has 0 fully saturated rings. The molecule has 2 rings (SSSR count). The van der Waals surface area contributed by atoms with Crippen LogP contribution in [0.25, 0.3) is 0 Å². The lowest BCUT2D eigenvalue weighted by Crippen LogP contribution is -2.11. The number of nitrogens with one attached hydrogen (secondary N) is 1. The van der Waals surface area contributed by atoms with E-state index in [0.29, 0.717) is 5.69 Å². The molecule has 0 amide bonds. The Bertz CT molecular complexity index is 578. The van der Waals surface area contributed by atoms with E-state index in [-0.39, 0.29) is 5.09 Å². The van der Waals surface area contributed by atoms with Crippen LogP contribution in [0.3, 0.4) is 0 Å². The Balaban J connectivity index is 2.29. The molecule has 0 aliphatic heterocycles. The highest BCUT2D eigenvalue weighted by atomic mass is 127. The van der Waals surface area contributed by atoms with Crippen LogP contribution in [0.4, 0.5) is 5.69 Å². The Morgan fingerprint density at radius 1 is 1.19 bits per heavy atom. The molecule has 0 saturated heterocycles. The summed E-state index contributed by atoms with van der Waals surface area (Å²) in [6, 6.07) is 10.0. The molecule has 0 spiro atoms. The molecule has 0 aliphatic rings. The van der Waals surface area contributed by atoms with Gasteiger partial charge in [-0.25, -0.2) is 0 Å². The van der Waals surface area contributed by atoms with Gasteiger partial charge in [0, 0.05) is 9.26 Å². The summed E-state index contributed by atoms with van der Waals surface area (Å²) in [5.41, 5.74) is 0.517. The van der Waals surface area contributed by atoms with E-state index in [1.165, 1.54) is 18.4 Å². The van der Waals surface area contributed by atoms with Crippen molar-refractivity contribution in [2.24, 2.45) is 0 Å². The van der Waals surface area contributed by atoms with Crippen LogP contribution in [0.1, 0.15) is 0 Å². The summed E-state index contributed by atoms with van der Waals surface area (Å²) in [5.74, 6) is 0. The number of hydrogen-bond donors (Lipinski definition) is 1. The SMILES string of the molecule is O=S(=O)(Nc1cccc(I)c1)c1ccco1. The average Bonchev–Trinajstić information content (AvgIpc) is 2.69. The molecule has 2 aromatic rings. The maximum absolute atomic E-state index is 11.8. The highest BCUT2D eigenvalue weighted by Gasteiger charge is 2.16. The van der Waals surface area contributed by atoms with Gasteiger partial charge in [0.25, 0.3) is 10.0 Å². The molecule has 1 heterocycles. The quantitative estimate of drug-likeness (QED) is 0.867. The van der Waals surface area contributed by atoms with Crippen LogP contribution in [0, 0.1) is 3.57 Å². The smallest absolute Gasteiger partial charge is 0.295 e. The lowest BCUT2D eigenvalue weighted by atomic mass is 10.3. The van der Waals surface area contributed by atoms with Gasteiger partial charge in [0.05, 0.1) is 6.26 Å². The van der Waals surface area contributed by atoms with Gasteiger partial charge in [-0.3, -0.25) is 4.72 Å². The highest BCUT2D eigenvalue weighted by molar-refractivity contribution is 14.1. The third kappa shape index (κ3) is 2.56. The number of hydrogen-bond acceptors (Lipinski definition) is 3. The van der Waals surface area contributed by atoms with Gasteiger partial charge < -0.3 is 4.42 Å². The zero-order valence-electron chi connectivity index (χ0n) is 8.05. The molecule has 1 aromatic carbocycles. The molecule has 0 radical (unpaired) electrons. The van der Waals surface area contributed by atoms with Gasteiger partial charge in [0.1, 0.15) is 0 Å². The van der Waals surface area contributed by atoms with Gasteiger partial charge in [-0.2, -0.15) is 8.42 Å². The zero-order valence-corrected chi connectivity index (χ0v) is 11.0. The molecule has 84 valence electrons. The average molecular weight is 349 g/mol. The monoisotopic (exact) mass is 349 g/mol. The van der Waals surface area contributed by atoms with Gasteiger partial charge in [-0.15, -0.1) is 0 Å². The van der Waals surface area contributed by atoms with Crippen LogP contribution in [-0.2, 0) is 10.0 Å². The van der Waals surface area contributed by atoms with Gasteiger partial charge in [-0.1, -0.05) is 6.07 Å². The maximum Gasteiger partial charge on any atom is 0.295 e. The van der Waals surface area contributed by atoms with Crippen molar-refractivity contribution in [1.29, 1.82) is 0 Å². The molecule has 0 unspecified atom stereocenters. The summed E-state index contributed by atoms with van der Waals surface area (Å²) < 4.78 is 31.8. The minimum absolute atomic E-state index is 0.0913. The number of sulfonamides is 1. The molecule has 0 saturated carbocycles. The van der Waals surface area contributed by atoms with E-state index in [4.69, 9.17) is 4.42 Å². The lowest BCUT2D eigenvalue weighted by Gasteiger charge is -2.05. The van der Waals surface area contributed by atoms with E-state index in [2.05, 4.69) is 27.3 Å². The van der Waals surface area contributed by atoms with E-state index in [9.17, 15) is 8.42 Å². The molecule has 4 nitrogen and oxygen atoms in total. The summed E-state index contributed by atoms with van der Waals surface area (Å²) in [7, 11) is -3.61. The van der Waals surface area contributed by atoms with Crippen molar-refractivity contribution in [3.05, 3.63) is 46.2 Å². The summed E-state index contributed by atoms with van der Waals surface area (Å²) >= 11 is 2.11. The summed E-state index contributed by atoms with van der Waals surface area (Å²) in [4.78, 5) is 0. The van der Waals surface area contributed by atoms with E-state index in [1.807, 2.05) is 6.07 Å². The fourth-order valence-electron chi connectivity index (χ4n) is 1.17. The molecular formula is C10H8INO3S. The van der Waals surface area contributed by atoms with E-state index >= 15 is 0 Å². The van der Waals surface area contributed by atoms with Gasteiger partial charge >= 0.3 is 0 Å². The fraction of sp³-hybridized carbons (Fsp3) is 0. The van der Waals surface area contributed by atoms with Crippen LogP contribution in [0.5, 0.6) is 0 Å². The zero-order chi connectivity index (χ0) is 11.6. The number of halogens is 1. The van der Waals surface area contributed by atoms with Crippen LogP contribution in [0.2, 0.25) is 0 Å². The Morgan fingerprint density at radius 3 is 2.62 bits per heavy atom. The fourth-order valence-corrected chi connectivity index (χ4v) is 2.69. The third-order valence-corrected chi connectivity index (χ3v) is 3.77. The second-order valence-electron chi connectivity index (χ2n) is 3.05. The van der Waals surface area contributed by atoms with Gasteiger partial charge in [-0.05, 0) is 52.9 Å². The Kier molecular flexibility index (Phi) is 3.20. The first kappa shape index (κ1) is 11.5. The second kappa shape index (κ2) is 4.46. The number of rotatable bonds is 3. The molecule has 1 aromatic heterocycles. The van der Waals surface area contributed by atoms with Crippen molar-refractivity contribution in [1.82, 2.24) is 0 Å². The molecule has 6 heteroatoms. The van der Waals surface area contributed by atoms with Crippen molar-refractivity contribution < 1.29 is 12.8 Å².